The molecule has 0 radical (unpaired) electrons. The number of H-pyrrole nitrogens is 1. The fourth-order valence-corrected chi connectivity index (χ4v) is 2.93. The van der Waals surface area contributed by atoms with Crippen molar-refractivity contribution in [2.75, 3.05) is 0 Å². The van der Waals surface area contributed by atoms with Crippen LogP contribution in [0.15, 0.2) is 0 Å². The summed E-state index contributed by atoms with van der Waals surface area (Å²) in [6.45, 7) is 0. The molecule has 2 aliphatic rings. The molecule has 1 aromatic heterocycles. The SMILES string of the molecule is O=C(O)C1(Cc2nc(C3CC3)n[nH]2)CCCCC1. The van der Waals surface area contributed by atoms with E-state index >= 15 is 0 Å². The molecule has 0 aliphatic heterocycles. The molecular formula is C13H19N3O2. The highest BCUT2D eigenvalue weighted by atomic mass is 16.4. The molecule has 5 nitrogen and oxygen atoms in total. The molecule has 2 N–H and O–H groups in total. The molecule has 18 heavy (non-hydrogen) atoms. The molecule has 0 aromatic carbocycles. The number of aliphatic carboxylic acids is 1. The van der Waals surface area contributed by atoms with Gasteiger partial charge in [0.25, 0.3) is 0 Å². The highest BCUT2D eigenvalue weighted by Crippen LogP contribution is 2.40. The number of aromatic nitrogens is 3. The van der Waals surface area contributed by atoms with Crippen molar-refractivity contribution in [2.24, 2.45) is 5.41 Å². The Labute approximate surface area is 106 Å². The maximum Gasteiger partial charge on any atom is 0.310 e. The van der Waals surface area contributed by atoms with E-state index in [1.165, 1.54) is 12.8 Å². The topological polar surface area (TPSA) is 78.9 Å². The number of aromatic amines is 1. The second kappa shape index (κ2) is 4.37. The van der Waals surface area contributed by atoms with Gasteiger partial charge in [0.15, 0.2) is 5.82 Å². The molecule has 0 bridgehead atoms. The number of carbonyl (C=O) groups is 1. The Kier molecular flexibility index (Phi) is 2.84. The number of carboxylic acids is 1. The van der Waals surface area contributed by atoms with Gasteiger partial charge in [-0.2, -0.15) is 5.10 Å². The summed E-state index contributed by atoms with van der Waals surface area (Å²) in [5.74, 6) is 1.47. The van der Waals surface area contributed by atoms with Gasteiger partial charge in [0.1, 0.15) is 5.82 Å². The normalized spacial score (nSPS) is 22.9. The Hall–Kier alpha value is -1.39. The van der Waals surface area contributed by atoms with Crippen molar-refractivity contribution >= 4 is 5.97 Å². The van der Waals surface area contributed by atoms with E-state index in [1.54, 1.807) is 0 Å². The van der Waals surface area contributed by atoms with Gasteiger partial charge in [-0.3, -0.25) is 9.89 Å². The molecule has 0 saturated heterocycles. The fourth-order valence-electron chi connectivity index (χ4n) is 2.93. The zero-order chi connectivity index (χ0) is 12.6. The first-order chi connectivity index (χ1) is 8.70. The van der Waals surface area contributed by atoms with E-state index < -0.39 is 11.4 Å². The Morgan fingerprint density at radius 1 is 1.33 bits per heavy atom. The molecule has 2 fully saturated rings. The summed E-state index contributed by atoms with van der Waals surface area (Å²) >= 11 is 0. The van der Waals surface area contributed by atoms with Crippen LogP contribution in [0.3, 0.4) is 0 Å². The highest BCUT2D eigenvalue weighted by molar-refractivity contribution is 5.75. The summed E-state index contributed by atoms with van der Waals surface area (Å²) < 4.78 is 0. The van der Waals surface area contributed by atoms with Gasteiger partial charge >= 0.3 is 5.97 Å². The Bertz CT molecular complexity index is 445. The zero-order valence-corrected chi connectivity index (χ0v) is 10.5. The van der Waals surface area contributed by atoms with Crippen LogP contribution in [0.2, 0.25) is 0 Å². The largest absolute Gasteiger partial charge is 0.481 e. The van der Waals surface area contributed by atoms with Crippen molar-refractivity contribution in [2.45, 2.75) is 57.3 Å². The Morgan fingerprint density at radius 3 is 2.67 bits per heavy atom. The zero-order valence-electron chi connectivity index (χ0n) is 10.5. The van der Waals surface area contributed by atoms with E-state index in [0.717, 1.165) is 43.8 Å². The molecular weight excluding hydrogens is 230 g/mol. The predicted octanol–water partition coefficient (Wildman–Crippen LogP) is 2.26. The first kappa shape index (κ1) is 11.7. The number of hydrogen-bond acceptors (Lipinski definition) is 3. The number of hydrogen-bond donors (Lipinski definition) is 2. The fraction of sp³-hybridized carbons (Fsp3) is 0.769. The average molecular weight is 249 g/mol. The van der Waals surface area contributed by atoms with Crippen molar-refractivity contribution < 1.29 is 9.90 Å². The second-order valence-corrected chi connectivity index (χ2v) is 5.74. The Balaban J connectivity index is 1.76. The van der Waals surface area contributed by atoms with Crippen molar-refractivity contribution in [1.29, 1.82) is 0 Å². The van der Waals surface area contributed by atoms with Gasteiger partial charge in [-0.15, -0.1) is 0 Å². The Morgan fingerprint density at radius 2 is 2.06 bits per heavy atom. The van der Waals surface area contributed by atoms with Gasteiger partial charge in [0, 0.05) is 12.3 Å². The van der Waals surface area contributed by atoms with Crippen LogP contribution in [-0.4, -0.2) is 26.3 Å². The van der Waals surface area contributed by atoms with E-state index in [1.807, 2.05) is 0 Å². The monoisotopic (exact) mass is 249 g/mol. The van der Waals surface area contributed by atoms with E-state index in [0.29, 0.717) is 12.3 Å². The maximum absolute atomic E-state index is 11.6. The van der Waals surface area contributed by atoms with E-state index in [9.17, 15) is 9.90 Å². The van der Waals surface area contributed by atoms with Crippen LogP contribution >= 0.6 is 0 Å². The lowest BCUT2D eigenvalue weighted by molar-refractivity contribution is -0.151. The van der Waals surface area contributed by atoms with Gasteiger partial charge in [-0.1, -0.05) is 19.3 Å². The smallest absolute Gasteiger partial charge is 0.310 e. The molecule has 0 atom stereocenters. The van der Waals surface area contributed by atoms with Crippen LogP contribution in [0, 0.1) is 5.41 Å². The minimum atomic E-state index is -0.674. The molecule has 0 unspecified atom stereocenters. The average Bonchev–Trinajstić information content (AvgIpc) is 3.12. The molecule has 1 heterocycles. The molecule has 5 heteroatoms. The summed E-state index contributed by atoms with van der Waals surface area (Å²) in [5.41, 5.74) is -0.612. The molecule has 98 valence electrons. The van der Waals surface area contributed by atoms with Crippen molar-refractivity contribution in [1.82, 2.24) is 15.2 Å². The first-order valence-corrected chi connectivity index (χ1v) is 6.84. The van der Waals surface area contributed by atoms with Crippen LogP contribution in [0.1, 0.15) is 62.5 Å². The molecule has 2 aliphatic carbocycles. The third-order valence-electron chi connectivity index (χ3n) is 4.26. The van der Waals surface area contributed by atoms with Gasteiger partial charge in [-0.25, -0.2) is 4.98 Å². The molecule has 0 spiro atoms. The van der Waals surface area contributed by atoms with Gasteiger partial charge < -0.3 is 5.11 Å². The van der Waals surface area contributed by atoms with Crippen LogP contribution in [0.4, 0.5) is 0 Å². The summed E-state index contributed by atoms with van der Waals surface area (Å²) in [6.07, 6.45) is 7.54. The second-order valence-electron chi connectivity index (χ2n) is 5.74. The minimum Gasteiger partial charge on any atom is -0.481 e. The summed E-state index contributed by atoms with van der Waals surface area (Å²) in [5, 5.41) is 16.7. The third-order valence-corrected chi connectivity index (χ3v) is 4.26. The standard InChI is InChI=1S/C13H19N3O2/c17-12(18)13(6-2-1-3-7-13)8-10-14-11(16-15-10)9-4-5-9/h9H,1-8H2,(H,17,18)(H,14,15,16). The number of rotatable bonds is 4. The van der Waals surface area contributed by atoms with E-state index in [4.69, 9.17) is 0 Å². The number of nitrogens with one attached hydrogen (secondary N) is 1. The lowest BCUT2D eigenvalue weighted by Gasteiger charge is -2.32. The van der Waals surface area contributed by atoms with Gasteiger partial charge in [-0.05, 0) is 25.7 Å². The summed E-state index contributed by atoms with van der Waals surface area (Å²) in [6, 6.07) is 0. The van der Waals surface area contributed by atoms with Gasteiger partial charge in [0.05, 0.1) is 5.41 Å². The van der Waals surface area contributed by atoms with Crippen LogP contribution in [-0.2, 0) is 11.2 Å². The predicted molar refractivity (Wildman–Crippen MR) is 65.2 cm³/mol. The molecule has 1 aromatic rings. The number of nitrogens with zero attached hydrogens (tertiary/aromatic N) is 2. The number of carboxylic acid groups (broad SMARTS) is 1. The van der Waals surface area contributed by atoms with E-state index in [2.05, 4.69) is 15.2 Å². The van der Waals surface area contributed by atoms with Crippen molar-refractivity contribution in [3.05, 3.63) is 11.6 Å². The lowest BCUT2D eigenvalue weighted by Crippen LogP contribution is -2.35. The lowest BCUT2D eigenvalue weighted by atomic mass is 9.72. The van der Waals surface area contributed by atoms with Gasteiger partial charge in [0.2, 0.25) is 0 Å². The first-order valence-electron chi connectivity index (χ1n) is 6.84. The summed E-state index contributed by atoms with van der Waals surface area (Å²) in [4.78, 5) is 16.0. The maximum atomic E-state index is 11.6. The van der Waals surface area contributed by atoms with Crippen LogP contribution in [0.5, 0.6) is 0 Å². The molecule has 0 amide bonds. The van der Waals surface area contributed by atoms with Crippen molar-refractivity contribution in [3.63, 3.8) is 0 Å². The third kappa shape index (κ3) is 2.13. The molecule has 2 saturated carbocycles. The highest BCUT2D eigenvalue weighted by Gasteiger charge is 2.41. The molecule has 3 rings (SSSR count). The summed E-state index contributed by atoms with van der Waals surface area (Å²) in [7, 11) is 0. The van der Waals surface area contributed by atoms with Crippen molar-refractivity contribution in [3.8, 4) is 0 Å². The van der Waals surface area contributed by atoms with Crippen LogP contribution < -0.4 is 0 Å². The quantitative estimate of drug-likeness (QED) is 0.857. The minimum absolute atomic E-state index is 0.502. The van der Waals surface area contributed by atoms with Crippen LogP contribution in [0.25, 0.3) is 0 Å². The van der Waals surface area contributed by atoms with E-state index in [-0.39, 0.29) is 0 Å².